The fraction of sp³-hybridized carbons (Fsp3) is 0.500. The number of carbonyl (C=O) groups excluding carboxylic acids is 1. The van der Waals surface area contributed by atoms with E-state index in [0.29, 0.717) is 26.2 Å². The van der Waals surface area contributed by atoms with Crippen LogP contribution in [0, 0.1) is 0 Å². The molecule has 0 radical (unpaired) electrons. The number of imidazole rings is 1. The molecule has 2 aromatic rings. The standard InChI is InChI=1S/C18H25N5O2/c1-21(2)17-11-15(5-6-20-17)3-4-16-12-23(9-10-25-16)18(24)13-22-8-7-19-14-22/h5-8,11,14,16H,3-4,9-10,12-13H2,1-2H3/t16-/m0/s1. The third-order valence-electron chi connectivity index (χ3n) is 4.39. The monoisotopic (exact) mass is 343 g/mol. The van der Waals surface area contributed by atoms with Crippen LogP contribution in [0.2, 0.25) is 0 Å². The Morgan fingerprint density at radius 2 is 2.28 bits per heavy atom. The molecule has 0 aliphatic carbocycles. The number of carbonyl (C=O) groups is 1. The summed E-state index contributed by atoms with van der Waals surface area (Å²) in [5.41, 5.74) is 1.24. The smallest absolute Gasteiger partial charge is 0.242 e. The second-order valence-corrected chi connectivity index (χ2v) is 6.52. The molecular formula is C18H25N5O2. The Labute approximate surface area is 148 Å². The van der Waals surface area contributed by atoms with Crippen molar-refractivity contribution in [1.29, 1.82) is 0 Å². The summed E-state index contributed by atoms with van der Waals surface area (Å²) >= 11 is 0. The average molecular weight is 343 g/mol. The molecule has 1 fully saturated rings. The van der Waals surface area contributed by atoms with Crippen LogP contribution in [0.3, 0.4) is 0 Å². The van der Waals surface area contributed by atoms with Gasteiger partial charge in [0, 0.05) is 45.8 Å². The van der Waals surface area contributed by atoms with Gasteiger partial charge in [0.05, 0.1) is 19.0 Å². The van der Waals surface area contributed by atoms with Crippen LogP contribution >= 0.6 is 0 Å². The van der Waals surface area contributed by atoms with Crippen LogP contribution in [0.25, 0.3) is 0 Å². The van der Waals surface area contributed by atoms with Crippen LogP contribution in [0.15, 0.2) is 37.1 Å². The molecular weight excluding hydrogens is 318 g/mol. The molecule has 3 rings (SSSR count). The number of aromatic nitrogens is 3. The second-order valence-electron chi connectivity index (χ2n) is 6.52. The zero-order valence-electron chi connectivity index (χ0n) is 14.8. The Morgan fingerprint density at radius 3 is 3.04 bits per heavy atom. The minimum Gasteiger partial charge on any atom is -0.375 e. The summed E-state index contributed by atoms with van der Waals surface area (Å²) < 4.78 is 7.65. The van der Waals surface area contributed by atoms with Crippen molar-refractivity contribution in [2.75, 3.05) is 38.7 Å². The highest BCUT2D eigenvalue weighted by molar-refractivity contribution is 5.76. The van der Waals surface area contributed by atoms with E-state index in [4.69, 9.17) is 4.74 Å². The predicted octanol–water partition coefficient (Wildman–Crippen LogP) is 1.20. The van der Waals surface area contributed by atoms with Crippen molar-refractivity contribution in [3.63, 3.8) is 0 Å². The fourth-order valence-electron chi connectivity index (χ4n) is 2.95. The van der Waals surface area contributed by atoms with Crippen molar-refractivity contribution >= 4 is 11.7 Å². The van der Waals surface area contributed by atoms with Crippen LogP contribution in [-0.4, -0.2) is 65.2 Å². The minimum absolute atomic E-state index is 0.0801. The lowest BCUT2D eigenvalue weighted by atomic mass is 10.1. The van der Waals surface area contributed by atoms with Crippen LogP contribution in [-0.2, 0) is 22.5 Å². The number of hydrogen-bond acceptors (Lipinski definition) is 5. The van der Waals surface area contributed by atoms with E-state index < -0.39 is 0 Å². The molecule has 0 saturated carbocycles. The van der Waals surface area contributed by atoms with Gasteiger partial charge in [0.2, 0.25) is 5.91 Å². The molecule has 1 atom stereocenters. The van der Waals surface area contributed by atoms with Gasteiger partial charge in [0.15, 0.2) is 0 Å². The molecule has 2 aromatic heterocycles. The Hall–Kier alpha value is -2.41. The van der Waals surface area contributed by atoms with Gasteiger partial charge in [-0.25, -0.2) is 9.97 Å². The van der Waals surface area contributed by atoms with E-state index in [0.717, 1.165) is 18.7 Å². The molecule has 134 valence electrons. The molecule has 1 saturated heterocycles. The lowest BCUT2D eigenvalue weighted by molar-refractivity contribution is -0.139. The lowest BCUT2D eigenvalue weighted by Crippen LogP contribution is -2.46. The molecule has 7 nitrogen and oxygen atoms in total. The minimum atomic E-state index is 0.0801. The summed E-state index contributed by atoms with van der Waals surface area (Å²) in [6, 6.07) is 4.14. The SMILES string of the molecule is CN(C)c1cc(CC[C@H]2CN(C(=O)Cn3ccnc3)CCO2)ccn1. The molecule has 1 amide bonds. The molecule has 0 bridgehead atoms. The van der Waals surface area contributed by atoms with Gasteiger partial charge in [-0.15, -0.1) is 0 Å². The van der Waals surface area contributed by atoms with Crippen molar-refractivity contribution in [2.45, 2.75) is 25.5 Å². The van der Waals surface area contributed by atoms with Gasteiger partial charge < -0.3 is 19.1 Å². The highest BCUT2D eigenvalue weighted by atomic mass is 16.5. The summed E-state index contributed by atoms with van der Waals surface area (Å²) in [6.45, 7) is 2.24. The van der Waals surface area contributed by atoms with Gasteiger partial charge in [-0.05, 0) is 30.5 Å². The number of hydrogen-bond donors (Lipinski definition) is 0. The molecule has 0 aromatic carbocycles. The van der Waals surface area contributed by atoms with Crippen molar-refractivity contribution in [1.82, 2.24) is 19.4 Å². The molecule has 0 spiro atoms. The van der Waals surface area contributed by atoms with Gasteiger partial charge in [0.25, 0.3) is 0 Å². The van der Waals surface area contributed by atoms with Crippen molar-refractivity contribution in [2.24, 2.45) is 0 Å². The summed E-state index contributed by atoms with van der Waals surface area (Å²) in [7, 11) is 3.97. The van der Waals surface area contributed by atoms with Crippen molar-refractivity contribution < 1.29 is 9.53 Å². The van der Waals surface area contributed by atoms with E-state index in [1.54, 1.807) is 17.1 Å². The number of rotatable bonds is 6. The number of ether oxygens (including phenoxy) is 1. The van der Waals surface area contributed by atoms with E-state index in [1.807, 2.05) is 42.4 Å². The van der Waals surface area contributed by atoms with Gasteiger partial charge in [-0.3, -0.25) is 4.79 Å². The number of nitrogens with zero attached hydrogens (tertiary/aromatic N) is 5. The van der Waals surface area contributed by atoms with E-state index in [9.17, 15) is 4.79 Å². The van der Waals surface area contributed by atoms with Crippen LogP contribution in [0.5, 0.6) is 0 Å². The molecule has 1 aliphatic heterocycles. The maximum atomic E-state index is 12.4. The van der Waals surface area contributed by atoms with Crippen LogP contribution in [0.4, 0.5) is 5.82 Å². The lowest BCUT2D eigenvalue weighted by Gasteiger charge is -2.33. The average Bonchev–Trinajstić information content (AvgIpc) is 3.13. The molecule has 0 unspecified atom stereocenters. The summed E-state index contributed by atoms with van der Waals surface area (Å²) in [4.78, 5) is 24.6. The third kappa shape index (κ3) is 4.79. The highest BCUT2D eigenvalue weighted by Gasteiger charge is 2.24. The first-order valence-electron chi connectivity index (χ1n) is 8.59. The zero-order chi connectivity index (χ0) is 17.6. The normalized spacial score (nSPS) is 17.5. The summed E-state index contributed by atoms with van der Waals surface area (Å²) in [5.74, 6) is 1.07. The molecule has 1 aliphatic rings. The van der Waals surface area contributed by atoms with Gasteiger partial charge in [0.1, 0.15) is 12.4 Å². The van der Waals surface area contributed by atoms with Crippen LogP contribution < -0.4 is 4.90 Å². The Balaban J connectivity index is 1.51. The summed E-state index contributed by atoms with van der Waals surface area (Å²) in [5, 5.41) is 0. The number of morpholine rings is 1. The first kappa shape index (κ1) is 17.4. The number of pyridine rings is 1. The largest absolute Gasteiger partial charge is 0.375 e. The summed E-state index contributed by atoms with van der Waals surface area (Å²) in [6.07, 6.45) is 8.89. The number of anilines is 1. The Kier molecular flexibility index (Phi) is 5.65. The van der Waals surface area contributed by atoms with Crippen LogP contribution in [0.1, 0.15) is 12.0 Å². The van der Waals surface area contributed by atoms with E-state index in [2.05, 4.69) is 16.0 Å². The maximum Gasteiger partial charge on any atom is 0.242 e. The zero-order valence-corrected chi connectivity index (χ0v) is 14.8. The number of amides is 1. The quantitative estimate of drug-likeness (QED) is 0.789. The van der Waals surface area contributed by atoms with Gasteiger partial charge in [-0.2, -0.15) is 0 Å². The van der Waals surface area contributed by atoms with E-state index in [1.165, 1.54) is 5.56 Å². The number of aryl methyl sites for hydroxylation is 1. The van der Waals surface area contributed by atoms with Crippen molar-refractivity contribution in [3.05, 3.63) is 42.6 Å². The van der Waals surface area contributed by atoms with E-state index in [-0.39, 0.29) is 12.0 Å². The van der Waals surface area contributed by atoms with Gasteiger partial charge >= 0.3 is 0 Å². The Bertz CT molecular complexity index is 687. The van der Waals surface area contributed by atoms with E-state index >= 15 is 0 Å². The maximum absolute atomic E-state index is 12.4. The first-order valence-corrected chi connectivity index (χ1v) is 8.59. The first-order chi connectivity index (χ1) is 12.1. The van der Waals surface area contributed by atoms with Gasteiger partial charge in [-0.1, -0.05) is 0 Å². The fourth-order valence-corrected chi connectivity index (χ4v) is 2.95. The second kappa shape index (κ2) is 8.11. The Morgan fingerprint density at radius 1 is 1.40 bits per heavy atom. The topological polar surface area (TPSA) is 63.5 Å². The molecule has 0 N–H and O–H groups in total. The highest BCUT2D eigenvalue weighted by Crippen LogP contribution is 2.15. The molecule has 25 heavy (non-hydrogen) atoms. The third-order valence-corrected chi connectivity index (χ3v) is 4.39. The van der Waals surface area contributed by atoms with Crippen molar-refractivity contribution in [3.8, 4) is 0 Å². The molecule has 3 heterocycles. The molecule has 7 heteroatoms. The predicted molar refractivity (Wildman–Crippen MR) is 95.4 cm³/mol.